The van der Waals surface area contributed by atoms with Gasteiger partial charge in [-0.1, -0.05) is 24.3 Å². The average Bonchev–Trinajstić information content (AvgIpc) is 2.65. The van der Waals surface area contributed by atoms with Crippen molar-refractivity contribution < 1.29 is 18.3 Å². The van der Waals surface area contributed by atoms with Gasteiger partial charge in [-0.3, -0.25) is 9.52 Å². The summed E-state index contributed by atoms with van der Waals surface area (Å²) in [5.74, 6) is 0.0237. The summed E-state index contributed by atoms with van der Waals surface area (Å²) >= 11 is 0. The highest BCUT2D eigenvalue weighted by atomic mass is 32.2. The van der Waals surface area contributed by atoms with Crippen molar-refractivity contribution in [3.05, 3.63) is 59.2 Å². The molecule has 0 radical (unpaired) electrons. The van der Waals surface area contributed by atoms with Gasteiger partial charge in [-0.25, -0.2) is 8.42 Å². The summed E-state index contributed by atoms with van der Waals surface area (Å²) in [6, 6.07) is 12.2. The molecular formula is C21H26N2O4S. The normalized spacial score (nSPS) is 15.5. The lowest BCUT2D eigenvalue weighted by Crippen LogP contribution is -2.40. The van der Waals surface area contributed by atoms with Crippen LogP contribution in [-0.4, -0.2) is 43.5 Å². The van der Waals surface area contributed by atoms with Crippen LogP contribution in [0.5, 0.6) is 0 Å². The molecule has 0 saturated carbocycles. The number of hydrogen-bond donors (Lipinski definition) is 2. The SMILES string of the molecule is Cc1ccc(C)c(S(=O)(=O)Nc2ccc(CC(=O)N3CCC(O)CC3)cc2)c1. The summed E-state index contributed by atoms with van der Waals surface area (Å²) in [6.07, 6.45) is 1.18. The monoisotopic (exact) mass is 402 g/mol. The van der Waals surface area contributed by atoms with Crippen LogP contribution >= 0.6 is 0 Å². The highest BCUT2D eigenvalue weighted by molar-refractivity contribution is 7.92. The molecular weight excluding hydrogens is 376 g/mol. The number of aliphatic hydroxyl groups excluding tert-OH is 1. The first kappa shape index (κ1) is 20.4. The van der Waals surface area contributed by atoms with Gasteiger partial charge in [0.05, 0.1) is 17.4 Å². The average molecular weight is 403 g/mol. The third-order valence-corrected chi connectivity index (χ3v) is 6.54. The van der Waals surface area contributed by atoms with Gasteiger partial charge >= 0.3 is 0 Å². The van der Waals surface area contributed by atoms with Crippen molar-refractivity contribution >= 4 is 21.6 Å². The van der Waals surface area contributed by atoms with Crippen LogP contribution in [0.15, 0.2) is 47.4 Å². The molecule has 2 N–H and O–H groups in total. The van der Waals surface area contributed by atoms with Crippen molar-refractivity contribution in [3.8, 4) is 0 Å². The minimum absolute atomic E-state index is 0.0237. The molecule has 0 bridgehead atoms. The molecule has 1 aliphatic heterocycles. The van der Waals surface area contributed by atoms with Gasteiger partial charge in [0, 0.05) is 18.8 Å². The van der Waals surface area contributed by atoms with Crippen LogP contribution in [0.4, 0.5) is 5.69 Å². The Balaban J connectivity index is 1.66. The highest BCUT2D eigenvalue weighted by Crippen LogP contribution is 2.21. The van der Waals surface area contributed by atoms with Gasteiger partial charge in [-0.05, 0) is 61.6 Å². The number of benzene rings is 2. The van der Waals surface area contributed by atoms with Crippen LogP contribution < -0.4 is 4.72 Å². The van der Waals surface area contributed by atoms with E-state index in [4.69, 9.17) is 0 Å². The van der Waals surface area contributed by atoms with E-state index >= 15 is 0 Å². The lowest BCUT2D eigenvalue weighted by Gasteiger charge is -2.29. The summed E-state index contributed by atoms with van der Waals surface area (Å²) in [4.78, 5) is 14.4. The summed E-state index contributed by atoms with van der Waals surface area (Å²) < 4.78 is 28.0. The first-order valence-corrected chi connectivity index (χ1v) is 10.9. The second kappa shape index (κ2) is 8.32. The van der Waals surface area contributed by atoms with Crippen molar-refractivity contribution in [1.82, 2.24) is 4.90 Å². The Kier molecular flexibility index (Phi) is 6.05. The third-order valence-electron chi connectivity index (χ3n) is 5.01. The molecule has 3 rings (SSSR count). The van der Waals surface area contributed by atoms with Crippen LogP contribution in [0.2, 0.25) is 0 Å². The molecule has 2 aromatic rings. The van der Waals surface area contributed by atoms with Gasteiger partial charge in [-0.2, -0.15) is 0 Å². The highest BCUT2D eigenvalue weighted by Gasteiger charge is 2.21. The summed E-state index contributed by atoms with van der Waals surface area (Å²) in [5, 5.41) is 9.54. The maximum absolute atomic E-state index is 12.7. The van der Waals surface area contributed by atoms with Gasteiger partial charge < -0.3 is 10.0 Å². The number of nitrogens with zero attached hydrogens (tertiary/aromatic N) is 1. The minimum atomic E-state index is -3.67. The fourth-order valence-corrected chi connectivity index (χ4v) is 4.69. The second-order valence-corrected chi connectivity index (χ2v) is 9.01. The van der Waals surface area contributed by atoms with Crippen LogP contribution in [0.25, 0.3) is 0 Å². The van der Waals surface area contributed by atoms with Gasteiger partial charge in [0.1, 0.15) is 0 Å². The van der Waals surface area contributed by atoms with E-state index < -0.39 is 10.0 Å². The van der Waals surface area contributed by atoms with Gasteiger partial charge in [0.25, 0.3) is 10.0 Å². The Morgan fingerprint density at radius 1 is 1.11 bits per heavy atom. The molecule has 1 fully saturated rings. The number of anilines is 1. The summed E-state index contributed by atoms with van der Waals surface area (Å²) in [5.41, 5.74) is 2.85. The van der Waals surface area contributed by atoms with Gasteiger partial charge in [-0.15, -0.1) is 0 Å². The molecule has 0 aliphatic carbocycles. The van der Waals surface area contributed by atoms with Crippen molar-refractivity contribution in [1.29, 1.82) is 0 Å². The van der Waals surface area contributed by atoms with Crippen LogP contribution in [0.3, 0.4) is 0 Å². The number of carbonyl (C=O) groups excluding carboxylic acids is 1. The Morgan fingerprint density at radius 3 is 2.39 bits per heavy atom. The summed E-state index contributed by atoms with van der Waals surface area (Å²) in [6.45, 7) is 4.77. The number of hydrogen-bond acceptors (Lipinski definition) is 4. The number of sulfonamides is 1. The maximum atomic E-state index is 12.7. The molecule has 0 atom stereocenters. The predicted octanol–water partition coefficient (Wildman–Crippen LogP) is 2.63. The third kappa shape index (κ3) is 4.91. The molecule has 1 heterocycles. The minimum Gasteiger partial charge on any atom is -0.393 e. The van der Waals surface area contributed by atoms with Crippen molar-refractivity contribution in [3.63, 3.8) is 0 Å². The molecule has 7 heteroatoms. The van der Waals surface area contributed by atoms with Gasteiger partial charge in [0.15, 0.2) is 0 Å². The Labute approximate surface area is 166 Å². The number of amides is 1. The van der Waals surface area contributed by atoms with Crippen LogP contribution in [0, 0.1) is 13.8 Å². The molecule has 0 spiro atoms. The molecule has 0 aromatic heterocycles. The Bertz CT molecular complexity index is 947. The van der Waals surface area contributed by atoms with Crippen molar-refractivity contribution in [2.24, 2.45) is 0 Å². The van der Waals surface area contributed by atoms with E-state index in [0.29, 0.717) is 37.2 Å². The lowest BCUT2D eigenvalue weighted by atomic mass is 10.1. The number of likely N-dealkylation sites (tertiary alicyclic amines) is 1. The predicted molar refractivity (Wildman–Crippen MR) is 109 cm³/mol. The first-order valence-electron chi connectivity index (χ1n) is 9.39. The number of nitrogens with one attached hydrogen (secondary N) is 1. The van der Waals surface area contributed by atoms with E-state index in [2.05, 4.69) is 4.72 Å². The fourth-order valence-electron chi connectivity index (χ4n) is 3.30. The molecule has 2 aromatic carbocycles. The van der Waals surface area contributed by atoms with Crippen LogP contribution in [-0.2, 0) is 21.2 Å². The van der Waals surface area contributed by atoms with E-state index in [1.54, 1.807) is 48.2 Å². The molecule has 1 amide bonds. The zero-order chi connectivity index (χ0) is 20.3. The van der Waals surface area contributed by atoms with Crippen LogP contribution in [0.1, 0.15) is 29.5 Å². The fraction of sp³-hybridized carbons (Fsp3) is 0.381. The zero-order valence-corrected chi connectivity index (χ0v) is 17.0. The van der Waals surface area contributed by atoms with E-state index in [9.17, 15) is 18.3 Å². The van der Waals surface area contributed by atoms with Gasteiger partial charge in [0.2, 0.25) is 5.91 Å². The smallest absolute Gasteiger partial charge is 0.262 e. The molecule has 28 heavy (non-hydrogen) atoms. The number of carbonyl (C=O) groups is 1. The largest absolute Gasteiger partial charge is 0.393 e. The number of piperidine rings is 1. The van der Waals surface area contributed by atoms with E-state index in [-0.39, 0.29) is 23.3 Å². The maximum Gasteiger partial charge on any atom is 0.262 e. The van der Waals surface area contributed by atoms with Crippen molar-refractivity contribution in [2.75, 3.05) is 17.8 Å². The number of aliphatic hydroxyl groups is 1. The molecule has 0 unspecified atom stereocenters. The molecule has 150 valence electrons. The zero-order valence-electron chi connectivity index (χ0n) is 16.2. The van der Waals surface area contributed by atoms with E-state index in [0.717, 1.165) is 11.1 Å². The van der Waals surface area contributed by atoms with Crippen molar-refractivity contribution in [2.45, 2.75) is 44.1 Å². The standard InChI is InChI=1S/C21H26N2O4S/c1-15-3-4-16(2)20(13-15)28(26,27)22-18-7-5-17(6-8-18)14-21(25)23-11-9-19(24)10-12-23/h3-8,13,19,22,24H,9-12,14H2,1-2H3. The Morgan fingerprint density at radius 2 is 1.75 bits per heavy atom. The molecule has 6 nitrogen and oxygen atoms in total. The lowest BCUT2D eigenvalue weighted by molar-refractivity contribution is -0.132. The second-order valence-electron chi connectivity index (χ2n) is 7.36. The molecule has 1 aliphatic rings. The van der Waals surface area contributed by atoms with E-state index in [1.165, 1.54) is 0 Å². The quantitative estimate of drug-likeness (QED) is 0.805. The number of aryl methyl sites for hydroxylation is 2. The first-order chi connectivity index (χ1) is 13.2. The number of rotatable bonds is 5. The Hall–Kier alpha value is -2.38. The molecule has 1 saturated heterocycles. The van der Waals surface area contributed by atoms with E-state index in [1.807, 2.05) is 13.0 Å². The topological polar surface area (TPSA) is 86.7 Å². The summed E-state index contributed by atoms with van der Waals surface area (Å²) in [7, 11) is -3.67.